The van der Waals surface area contributed by atoms with Crippen molar-refractivity contribution in [2.45, 2.75) is 13.8 Å². The minimum Gasteiger partial charge on any atom is -0.439 e. The zero-order valence-electron chi connectivity index (χ0n) is 21.7. The molecule has 0 unspecified atom stereocenters. The van der Waals surface area contributed by atoms with Crippen molar-refractivity contribution in [3.63, 3.8) is 0 Å². The summed E-state index contributed by atoms with van der Waals surface area (Å²) >= 11 is 0. The highest BCUT2D eigenvalue weighted by molar-refractivity contribution is 6.13. The molecule has 9 nitrogen and oxygen atoms in total. The molecule has 2 heterocycles. The van der Waals surface area contributed by atoms with Crippen LogP contribution in [-0.4, -0.2) is 20.4 Å². The molecule has 0 aliphatic heterocycles. The second-order valence-corrected chi connectivity index (χ2v) is 9.02. The van der Waals surface area contributed by atoms with E-state index in [9.17, 15) is 20.2 Å². The first-order valence-corrected chi connectivity index (χ1v) is 12.3. The molecule has 0 saturated carbocycles. The Morgan fingerprint density at radius 3 is 2.50 bits per heavy atom. The van der Waals surface area contributed by atoms with Gasteiger partial charge in [0.25, 0.3) is 11.6 Å². The topological polar surface area (TPSA) is 123 Å². The molecule has 0 aliphatic carbocycles. The fourth-order valence-electron chi connectivity index (χ4n) is 4.48. The number of nitriles is 1. The number of nitro groups is 1. The van der Waals surface area contributed by atoms with Gasteiger partial charge in [0.2, 0.25) is 5.88 Å². The molecule has 0 radical (unpaired) electrons. The van der Waals surface area contributed by atoms with Gasteiger partial charge in [0.05, 0.1) is 4.92 Å². The Morgan fingerprint density at radius 2 is 1.80 bits per heavy atom. The molecule has 1 N–H and O–H groups in total. The summed E-state index contributed by atoms with van der Waals surface area (Å²) in [6.07, 6.45) is 2.74. The first kappa shape index (κ1) is 25.9. The third-order valence-corrected chi connectivity index (χ3v) is 6.42. The van der Waals surface area contributed by atoms with Gasteiger partial charge in [-0.25, -0.2) is 4.98 Å². The molecule has 5 aromatic rings. The van der Waals surface area contributed by atoms with E-state index in [0.717, 1.165) is 39.6 Å². The molecule has 40 heavy (non-hydrogen) atoms. The smallest absolute Gasteiger partial charge is 0.287 e. The summed E-state index contributed by atoms with van der Waals surface area (Å²) in [5.74, 6) is 0.277. The van der Waals surface area contributed by atoms with Crippen LogP contribution in [-0.2, 0) is 4.79 Å². The number of carbonyl (C=O) groups excluding carboxylic acids is 1. The van der Waals surface area contributed by atoms with Gasteiger partial charge in [0, 0.05) is 40.3 Å². The molecule has 196 valence electrons. The second-order valence-electron chi connectivity index (χ2n) is 9.02. The van der Waals surface area contributed by atoms with Gasteiger partial charge >= 0.3 is 0 Å². The quantitative estimate of drug-likeness (QED) is 0.106. The lowest BCUT2D eigenvalue weighted by atomic mass is 10.1. The Kier molecular flexibility index (Phi) is 7.07. The molecule has 0 saturated heterocycles. The van der Waals surface area contributed by atoms with Crippen molar-refractivity contribution in [2.75, 3.05) is 5.32 Å². The van der Waals surface area contributed by atoms with Crippen LogP contribution in [0.4, 0.5) is 11.4 Å². The number of aromatic nitrogens is 2. The van der Waals surface area contributed by atoms with Crippen molar-refractivity contribution >= 4 is 34.1 Å². The molecule has 9 heteroatoms. The van der Waals surface area contributed by atoms with Crippen molar-refractivity contribution in [2.24, 2.45) is 0 Å². The van der Waals surface area contributed by atoms with Crippen LogP contribution in [0.25, 0.3) is 22.5 Å². The molecule has 2 aromatic heterocycles. The Hall–Kier alpha value is -5.75. The number of pyridine rings is 1. The Labute approximate surface area is 229 Å². The van der Waals surface area contributed by atoms with Gasteiger partial charge in [0.15, 0.2) is 0 Å². The minimum atomic E-state index is -0.520. The van der Waals surface area contributed by atoms with Crippen molar-refractivity contribution in [1.29, 1.82) is 5.26 Å². The number of nitrogens with zero attached hydrogens (tertiary/aromatic N) is 4. The highest BCUT2D eigenvalue weighted by atomic mass is 16.6. The van der Waals surface area contributed by atoms with Gasteiger partial charge in [-0.15, -0.1) is 0 Å². The highest BCUT2D eigenvalue weighted by Gasteiger charge is 2.15. The van der Waals surface area contributed by atoms with E-state index in [1.807, 2.05) is 85.1 Å². The van der Waals surface area contributed by atoms with Gasteiger partial charge in [0.1, 0.15) is 23.6 Å². The minimum absolute atomic E-state index is 0.00692. The average molecular weight is 530 g/mol. The maximum absolute atomic E-state index is 13.0. The van der Waals surface area contributed by atoms with E-state index in [1.165, 1.54) is 12.1 Å². The SMILES string of the molecule is Cc1cc(/C=C(\C#N)C(=O)Nc2cccc3ccccc23)c(C)n1-c1ccc(Oc2ccc([N+](=O)[O-])cn2)cc1. The summed E-state index contributed by atoms with van der Waals surface area (Å²) in [5.41, 5.74) is 3.90. The monoisotopic (exact) mass is 529 g/mol. The molecule has 5 rings (SSSR count). The third-order valence-electron chi connectivity index (χ3n) is 6.42. The van der Waals surface area contributed by atoms with Crippen molar-refractivity contribution in [3.8, 4) is 23.4 Å². The molecule has 3 aromatic carbocycles. The number of amides is 1. The fraction of sp³-hybridized carbons (Fsp3) is 0.0645. The molecule has 0 aliphatic rings. The lowest BCUT2D eigenvalue weighted by Gasteiger charge is -2.11. The van der Waals surface area contributed by atoms with Gasteiger partial charge in [-0.2, -0.15) is 5.26 Å². The summed E-state index contributed by atoms with van der Waals surface area (Å²) in [6.45, 7) is 3.86. The standard InChI is InChI=1S/C31H23N5O4/c1-20-16-23(17-24(18-32)31(37)34-29-9-5-7-22-6-3-4-8-28(22)29)21(2)35(20)25-10-13-27(14-11-25)40-30-15-12-26(19-33-30)36(38)39/h3-17,19H,1-2H3,(H,34,37)/b24-17+. The maximum Gasteiger partial charge on any atom is 0.287 e. The van der Waals surface area contributed by atoms with Crippen LogP contribution in [0.1, 0.15) is 17.0 Å². The summed E-state index contributed by atoms with van der Waals surface area (Å²) in [5, 5.41) is 25.4. The van der Waals surface area contributed by atoms with Gasteiger partial charge in [-0.05, 0) is 67.3 Å². The Balaban J connectivity index is 1.36. The highest BCUT2D eigenvalue weighted by Crippen LogP contribution is 2.27. The van der Waals surface area contributed by atoms with Crippen molar-refractivity contribution in [3.05, 3.63) is 124 Å². The van der Waals surface area contributed by atoms with Crippen LogP contribution in [0.2, 0.25) is 0 Å². The number of hydrogen-bond donors (Lipinski definition) is 1. The van der Waals surface area contributed by atoms with E-state index >= 15 is 0 Å². The molecular weight excluding hydrogens is 506 g/mol. The maximum atomic E-state index is 13.0. The van der Waals surface area contributed by atoms with E-state index < -0.39 is 10.8 Å². The summed E-state index contributed by atoms with van der Waals surface area (Å²) < 4.78 is 7.72. The van der Waals surface area contributed by atoms with Crippen LogP contribution in [0.3, 0.4) is 0 Å². The zero-order chi connectivity index (χ0) is 28.2. The number of hydrogen-bond acceptors (Lipinski definition) is 6. The first-order valence-electron chi connectivity index (χ1n) is 12.3. The molecule has 0 bridgehead atoms. The van der Waals surface area contributed by atoms with Crippen LogP contribution in [0.5, 0.6) is 11.6 Å². The lowest BCUT2D eigenvalue weighted by Crippen LogP contribution is -2.13. The first-order chi connectivity index (χ1) is 19.3. The van der Waals surface area contributed by atoms with E-state index in [2.05, 4.69) is 10.3 Å². The van der Waals surface area contributed by atoms with E-state index in [0.29, 0.717) is 11.4 Å². The summed E-state index contributed by atoms with van der Waals surface area (Å²) in [6, 6.07) is 27.4. The number of benzene rings is 3. The molecular formula is C31H23N5O4. The Morgan fingerprint density at radius 1 is 1.05 bits per heavy atom. The number of fused-ring (bicyclic) bond motifs is 1. The molecule has 0 atom stereocenters. The number of aryl methyl sites for hydroxylation is 1. The van der Waals surface area contributed by atoms with Gasteiger partial charge < -0.3 is 14.6 Å². The third kappa shape index (κ3) is 5.28. The fourth-order valence-corrected chi connectivity index (χ4v) is 4.48. The van der Waals surface area contributed by atoms with Gasteiger partial charge in [-0.1, -0.05) is 36.4 Å². The van der Waals surface area contributed by atoms with Crippen LogP contribution < -0.4 is 10.1 Å². The van der Waals surface area contributed by atoms with E-state index in [4.69, 9.17) is 4.74 Å². The van der Waals surface area contributed by atoms with Gasteiger partial charge in [-0.3, -0.25) is 14.9 Å². The average Bonchev–Trinajstić information content (AvgIpc) is 3.24. The largest absolute Gasteiger partial charge is 0.439 e. The van der Waals surface area contributed by atoms with Crippen molar-refractivity contribution < 1.29 is 14.5 Å². The number of ether oxygens (including phenoxy) is 1. The second kappa shape index (κ2) is 10.9. The lowest BCUT2D eigenvalue weighted by molar-refractivity contribution is -0.385. The number of anilines is 1. The normalized spacial score (nSPS) is 11.2. The number of carbonyl (C=O) groups is 1. The number of rotatable bonds is 7. The zero-order valence-corrected chi connectivity index (χ0v) is 21.7. The van der Waals surface area contributed by atoms with E-state index in [-0.39, 0.29) is 17.1 Å². The molecule has 0 spiro atoms. The molecule has 1 amide bonds. The number of nitrogens with one attached hydrogen (secondary N) is 1. The molecule has 0 fully saturated rings. The van der Waals surface area contributed by atoms with Crippen LogP contribution >= 0.6 is 0 Å². The predicted molar refractivity (Wildman–Crippen MR) is 152 cm³/mol. The van der Waals surface area contributed by atoms with Crippen LogP contribution in [0, 0.1) is 35.3 Å². The predicted octanol–water partition coefficient (Wildman–Crippen LogP) is 6.89. The van der Waals surface area contributed by atoms with E-state index in [1.54, 1.807) is 18.2 Å². The Bertz CT molecular complexity index is 1810. The summed E-state index contributed by atoms with van der Waals surface area (Å²) in [4.78, 5) is 27.3. The van der Waals surface area contributed by atoms with Crippen LogP contribution in [0.15, 0.2) is 96.7 Å². The summed E-state index contributed by atoms with van der Waals surface area (Å²) in [7, 11) is 0. The van der Waals surface area contributed by atoms with Crippen molar-refractivity contribution in [1.82, 2.24) is 9.55 Å².